The summed E-state index contributed by atoms with van der Waals surface area (Å²) in [7, 11) is 0. The van der Waals surface area contributed by atoms with E-state index in [2.05, 4.69) is 16.0 Å². The number of fused-ring (bicyclic) bond motifs is 1. The van der Waals surface area contributed by atoms with Crippen molar-refractivity contribution in [3.05, 3.63) is 119 Å². The molecular weight excluding hydrogens is 550 g/mol. The Hall–Kier alpha value is -5.02. The first-order valence-electron chi connectivity index (χ1n) is 13.3. The molecule has 212 valence electrons. The van der Waals surface area contributed by atoms with Gasteiger partial charge in [-0.1, -0.05) is 42.5 Å². The monoisotopic (exact) mass is 579 g/mol. The quantitative estimate of drug-likeness (QED) is 0.168. The van der Waals surface area contributed by atoms with E-state index in [1.54, 1.807) is 60.7 Å². The topological polar surface area (TPSA) is 106 Å². The molecule has 8 nitrogen and oxygen atoms in total. The van der Waals surface area contributed by atoms with E-state index in [4.69, 9.17) is 9.47 Å². The Kier molecular flexibility index (Phi) is 9.20. The van der Waals surface area contributed by atoms with E-state index in [9.17, 15) is 14.4 Å². The van der Waals surface area contributed by atoms with Gasteiger partial charge in [-0.25, -0.2) is 0 Å². The second kappa shape index (κ2) is 13.6. The van der Waals surface area contributed by atoms with Gasteiger partial charge in [-0.2, -0.15) is 0 Å². The highest BCUT2D eigenvalue weighted by Crippen LogP contribution is 2.32. The first-order valence-corrected chi connectivity index (χ1v) is 14.3. The molecule has 0 unspecified atom stereocenters. The number of carbonyl (C=O) groups is 3. The van der Waals surface area contributed by atoms with Crippen LogP contribution in [0.3, 0.4) is 0 Å². The van der Waals surface area contributed by atoms with Crippen LogP contribution in [-0.4, -0.2) is 36.7 Å². The number of hydrogen-bond donors (Lipinski definition) is 3. The van der Waals surface area contributed by atoms with Gasteiger partial charge in [0.05, 0.1) is 5.75 Å². The van der Waals surface area contributed by atoms with Gasteiger partial charge in [0.25, 0.3) is 11.8 Å². The molecule has 4 aromatic rings. The van der Waals surface area contributed by atoms with Crippen molar-refractivity contribution in [2.75, 3.05) is 29.6 Å². The number of hydrogen-bond acceptors (Lipinski definition) is 6. The largest absolute Gasteiger partial charge is 0.486 e. The summed E-state index contributed by atoms with van der Waals surface area (Å²) in [6.45, 7) is 2.92. The number of aryl methyl sites for hydroxylation is 1. The highest BCUT2D eigenvalue weighted by Gasteiger charge is 2.16. The lowest BCUT2D eigenvalue weighted by molar-refractivity contribution is -0.114. The molecule has 0 atom stereocenters. The van der Waals surface area contributed by atoms with E-state index in [1.165, 1.54) is 11.8 Å². The minimum atomic E-state index is -0.457. The van der Waals surface area contributed by atoms with Crippen LogP contribution in [0.4, 0.5) is 11.4 Å². The van der Waals surface area contributed by atoms with E-state index < -0.39 is 5.91 Å². The SMILES string of the molecule is Cc1ccccc1/C=C(\NC(=O)c1ccccc1)C(=O)Nc1ccc(SCC(=O)Nc2ccc3c(c2)OCCO3)cc1. The number of rotatable bonds is 9. The average Bonchev–Trinajstić information content (AvgIpc) is 3.01. The molecule has 3 N–H and O–H groups in total. The Labute approximate surface area is 248 Å². The summed E-state index contributed by atoms with van der Waals surface area (Å²) in [6.07, 6.45) is 1.66. The second-order valence-electron chi connectivity index (χ2n) is 9.41. The zero-order valence-corrected chi connectivity index (χ0v) is 23.7. The molecule has 0 saturated heterocycles. The minimum absolute atomic E-state index is 0.118. The van der Waals surface area contributed by atoms with Gasteiger partial charge in [0.2, 0.25) is 5.91 Å². The standard InChI is InChI=1S/C33H29N3O5S/c1-22-7-5-6-10-24(22)19-28(36-32(38)23-8-3-2-4-9-23)33(39)35-25-11-14-27(15-12-25)42-21-31(37)34-26-13-16-29-30(20-26)41-18-17-40-29/h2-16,19-20H,17-18,21H2,1H3,(H,34,37)(H,35,39)(H,36,38)/b28-19-. The van der Waals surface area contributed by atoms with Crippen molar-refractivity contribution < 1.29 is 23.9 Å². The lowest BCUT2D eigenvalue weighted by Gasteiger charge is -2.19. The van der Waals surface area contributed by atoms with Crippen molar-refractivity contribution in [1.82, 2.24) is 5.32 Å². The van der Waals surface area contributed by atoms with Crippen LogP contribution in [0, 0.1) is 6.92 Å². The molecule has 0 aromatic heterocycles. The molecule has 1 aliphatic rings. The average molecular weight is 580 g/mol. The van der Waals surface area contributed by atoms with Gasteiger partial charge in [0.1, 0.15) is 18.9 Å². The van der Waals surface area contributed by atoms with Gasteiger partial charge in [-0.3, -0.25) is 14.4 Å². The van der Waals surface area contributed by atoms with Crippen LogP contribution in [0.2, 0.25) is 0 Å². The fourth-order valence-corrected chi connectivity index (χ4v) is 4.85. The molecule has 1 aliphatic heterocycles. The van der Waals surface area contributed by atoms with E-state index in [0.717, 1.165) is 16.0 Å². The summed E-state index contributed by atoms with van der Waals surface area (Å²) in [5.41, 5.74) is 3.53. The fourth-order valence-electron chi connectivity index (χ4n) is 4.15. The molecule has 9 heteroatoms. The molecule has 0 fully saturated rings. The predicted molar refractivity (Wildman–Crippen MR) is 165 cm³/mol. The minimum Gasteiger partial charge on any atom is -0.486 e. The number of thioether (sulfide) groups is 1. The third kappa shape index (κ3) is 7.58. The molecule has 5 rings (SSSR count). The maximum absolute atomic E-state index is 13.3. The number of ether oxygens (including phenoxy) is 2. The Balaban J connectivity index is 1.20. The van der Waals surface area contributed by atoms with Crippen molar-refractivity contribution in [2.45, 2.75) is 11.8 Å². The Bertz CT molecular complexity index is 1620. The van der Waals surface area contributed by atoms with Gasteiger partial charge < -0.3 is 25.4 Å². The molecule has 0 radical (unpaired) electrons. The highest BCUT2D eigenvalue weighted by molar-refractivity contribution is 8.00. The Morgan fingerprint density at radius 3 is 2.24 bits per heavy atom. The van der Waals surface area contributed by atoms with Crippen molar-refractivity contribution in [1.29, 1.82) is 0 Å². The first kappa shape index (κ1) is 28.5. The number of benzene rings is 4. The fraction of sp³-hybridized carbons (Fsp3) is 0.121. The summed E-state index contributed by atoms with van der Waals surface area (Å²) in [4.78, 5) is 39.5. The van der Waals surface area contributed by atoms with Gasteiger partial charge >= 0.3 is 0 Å². The number of nitrogens with one attached hydrogen (secondary N) is 3. The maximum atomic E-state index is 13.3. The summed E-state index contributed by atoms with van der Waals surface area (Å²) in [5, 5.41) is 8.48. The van der Waals surface area contributed by atoms with Crippen molar-refractivity contribution in [3.8, 4) is 11.5 Å². The van der Waals surface area contributed by atoms with Crippen LogP contribution in [0.25, 0.3) is 6.08 Å². The number of carbonyl (C=O) groups excluding carboxylic acids is 3. The van der Waals surface area contributed by atoms with Gasteiger partial charge in [-0.15, -0.1) is 11.8 Å². The highest BCUT2D eigenvalue weighted by atomic mass is 32.2. The van der Waals surface area contributed by atoms with E-state index in [1.807, 2.05) is 49.4 Å². The zero-order chi connectivity index (χ0) is 29.3. The van der Waals surface area contributed by atoms with Crippen LogP contribution in [0.1, 0.15) is 21.5 Å². The molecule has 3 amide bonds. The number of anilines is 2. The molecule has 0 bridgehead atoms. The molecule has 0 saturated carbocycles. The Morgan fingerprint density at radius 2 is 1.48 bits per heavy atom. The van der Waals surface area contributed by atoms with Crippen LogP contribution < -0.4 is 25.4 Å². The lowest BCUT2D eigenvalue weighted by atomic mass is 10.1. The van der Waals surface area contributed by atoms with Gasteiger partial charge in [0.15, 0.2) is 11.5 Å². The predicted octanol–water partition coefficient (Wildman–Crippen LogP) is 5.91. The summed E-state index contributed by atoms with van der Waals surface area (Å²) < 4.78 is 11.1. The smallest absolute Gasteiger partial charge is 0.272 e. The second-order valence-corrected chi connectivity index (χ2v) is 10.5. The molecule has 42 heavy (non-hydrogen) atoms. The third-order valence-corrected chi connectivity index (χ3v) is 7.34. The molecule has 4 aromatic carbocycles. The Morgan fingerprint density at radius 1 is 0.786 bits per heavy atom. The summed E-state index contributed by atoms with van der Waals surface area (Å²) >= 11 is 1.37. The van der Waals surface area contributed by atoms with E-state index in [0.29, 0.717) is 41.7 Å². The number of amides is 3. The molecule has 0 aliphatic carbocycles. The first-order chi connectivity index (χ1) is 20.4. The maximum Gasteiger partial charge on any atom is 0.272 e. The van der Waals surface area contributed by atoms with E-state index in [-0.39, 0.29) is 23.3 Å². The third-order valence-electron chi connectivity index (χ3n) is 6.33. The van der Waals surface area contributed by atoms with Crippen LogP contribution >= 0.6 is 11.8 Å². The van der Waals surface area contributed by atoms with Crippen molar-refractivity contribution >= 4 is 46.9 Å². The summed E-state index contributed by atoms with van der Waals surface area (Å²) in [5.74, 6) is 0.482. The van der Waals surface area contributed by atoms with E-state index >= 15 is 0 Å². The molecule has 0 spiro atoms. The van der Waals surface area contributed by atoms with Crippen molar-refractivity contribution in [2.24, 2.45) is 0 Å². The van der Waals surface area contributed by atoms with Gasteiger partial charge in [0, 0.05) is 27.9 Å². The normalized spacial score (nSPS) is 12.3. The van der Waals surface area contributed by atoms with Gasteiger partial charge in [-0.05, 0) is 72.7 Å². The lowest BCUT2D eigenvalue weighted by Crippen LogP contribution is -2.30. The van der Waals surface area contributed by atoms with Crippen molar-refractivity contribution in [3.63, 3.8) is 0 Å². The van der Waals surface area contributed by atoms with Crippen LogP contribution in [0.15, 0.2) is 108 Å². The molecular formula is C33H29N3O5S. The van der Waals surface area contributed by atoms with Crippen LogP contribution in [0.5, 0.6) is 11.5 Å². The molecule has 1 heterocycles. The van der Waals surface area contributed by atoms with Crippen LogP contribution in [-0.2, 0) is 9.59 Å². The summed E-state index contributed by atoms with van der Waals surface area (Å²) in [6, 6.07) is 28.8. The zero-order valence-electron chi connectivity index (χ0n) is 22.9.